The summed E-state index contributed by atoms with van der Waals surface area (Å²) in [6.07, 6.45) is 1.47. The molecule has 0 bridgehead atoms. The van der Waals surface area contributed by atoms with E-state index in [1.165, 1.54) is 6.21 Å². The maximum absolute atomic E-state index is 12.7. The number of carbonyl (C=O) groups excluding carboxylic acids is 1. The Labute approximate surface area is 209 Å². The number of hydrogen-bond donors (Lipinski definition) is 2. The first-order valence-electron chi connectivity index (χ1n) is 9.53. The Morgan fingerprint density at radius 3 is 2.66 bits per heavy atom. The molecule has 0 aliphatic carbocycles. The summed E-state index contributed by atoms with van der Waals surface area (Å²) in [5.74, 6) is 0.383. The standard InChI is InChI=1S/C23H19Cl2IN2O4/c1-2-31-21-10-14(9-19(26)22(21)29)12-27-28-23(30)17-5-3-4-6-20(17)32-13-15-7-8-16(24)11-18(15)25/h3-12,29H,2,13H2,1H3,(H,28,30)/b27-12+. The van der Waals surface area contributed by atoms with Crippen LogP contribution in [0.3, 0.4) is 0 Å². The fourth-order valence-electron chi connectivity index (χ4n) is 2.73. The van der Waals surface area contributed by atoms with Crippen LogP contribution in [-0.4, -0.2) is 23.8 Å². The minimum atomic E-state index is -0.433. The van der Waals surface area contributed by atoms with Crippen LogP contribution in [0.4, 0.5) is 0 Å². The van der Waals surface area contributed by atoms with Crippen LogP contribution < -0.4 is 14.9 Å². The summed E-state index contributed by atoms with van der Waals surface area (Å²) in [5, 5.41) is 15.1. The number of carbonyl (C=O) groups is 1. The van der Waals surface area contributed by atoms with Crippen molar-refractivity contribution >= 4 is 57.9 Å². The van der Waals surface area contributed by atoms with Gasteiger partial charge in [0.1, 0.15) is 12.4 Å². The van der Waals surface area contributed by atoms with Gasteiger partial charge < -0.3 is 14.6 Å². The number of hydrogen-bond acceptors (Lipinski definition) is 5. The fraction of sp³-hybridized carbons (Fsp3) is 0.130. The number of halogens is 3. The number of nitrogens with zero attached hydrogens (tertiary/aromatic N) is 1. The molecule has 0 aromatic heterocycles. The molecule has 2 N–H and O–H groups in total. The molecule has 9 heteroatoms. The molecule has 0 saturated heterocycles. The summed E-state index contributed by atoms with van der Waals surface area (Å²) in [5.41, 5.74) is 4.23. The van der Waals surface area contributed by atoms with E-state index in [9.17, 15) is 9.90 Å². The van der Waals surface area contributed by atoms with Crippen LogP contribution in [0.1, 0.15) is 28.4 Å². The molecule has 0 heterocycles. The third-order valence-electron chi connectivity index (χ3n) is 4.26. The second-order valence-corrected chi connectivity index (χ2v) is 8.51. The summed E-state index contributed by atoms with van der Waals surface area (Å²) in [6.45, 7) is 2.42. The number of hydrazone groups is 1. The van der Waals surface area contributed by atoms with Gasteiger partial charge in [-0.05, 0) is 71.5 Å². The number of amides is 1. The van der Waals surface area contributed by atoms with E-state index < -0.39 is 5.91 Å². The molecule has 0 spiro atoms. The van der Waals surface area contributed by atoms with Gasteiger partial charge in [-0.15, -0.1) is 0 Å². The largest absolute Gasteiger partial charge is 0.504 e. The van der Waals surface area contributed by atoms with Gasteiger partial charge in [-0.2, -0.15) is 5.10 Å². The van der Waals surface area contributed by atoms with E-state index in [0.29, 0.717) is 42.8 Å². The second-order valence-electron chi connectivity index (χ2n) is 6.50. The molecule has 166 valence electrons. The zero-order chi connectivity index (χ0) is 23.1. The lowest BCUT2D eigenvalue weighted by molar-refractivity contribution is 0.0950. The smallest absolute Gasteiger partial charge is 0.275 e. The number of para-hydroxylation sites is 1. The number of rotatable bonds is 8. The summed E-state index contributed by atoms with van der Waals surface area (Å²) in [7, 11) is 0. The van der Waals surface area contributed by atoms with E-state index in [4.69, 9.17) is 32.7 Å². The lowest BCUT2D eigenvalue weighted by Gasteiger charge is -2.11. The molecule has 0 aliphatic heterocycles. The molecule has 3 aromatic carbocycles. The van der Waals surface area contributed by atoms with Crippen molar-refractivity contribution in [3.63, 3.8) is 0 Å². The van der Waals surface area contributed by atoms with Gasteiger partial charge in [-0.25, -0.2) is 5.43 Å². The highest BCUT2D eigenvalue weighted by atomic mass is 127. The van der Waals surface area contributed by atoms with Gasteiger partial charge in [-0.1, -0.05) is 41.4 Å². The Morgan fingerprint density at radius 1 is 1.12 bits per heavy atom. The van der Waals surface area contributed by atoms with Gasteiger partial charge in [0, 0.05) is 15.6 Å². The molecule has 0 fully saturated rings. The van der Waals surface area contributed by atoms with Crippen LogP contribution >= 0.6 is 45.8 Å². The Kier molecular flexibility index (Phi) is 8.60. The highest BCUT2D eigenvalue weighted by Gasteiger charge is 2.13. The second kappa shape index (κ2) is 11.4. The minimum absolute atomic E-state index is 0.0699. The first-order valence-corrected chi connectivity index (χ1v) is 11.4. The first kappa shape index (κ1) is 24.2. The van der Waals surface area contributed by atoms with Crippen molar-refractivity contribution in [3.8, 4) is 17.2 Å². The van der Waals surface area contributed by atoms with Gasteiger partial charge in [0.15, 0.2) is 11.5 Å². The normalized spacial score (nSPS) is 10.9. The fourth-order valence-corrected chi connectivity index (χ4v) is 3.82. The zero-order valence-corrected chi connectivity index (χ0v) is 20.6. The topological polar surface area (TPSA) is 80.2 Å². The van der Waals surface area contributed by atoms with Crippen molar-refractivity contribution in [3.05, 3.63) is 84.9 Å². The molecule has 32 heavy (non-hydrogen) atoms. The third-order valence-corrected chi connectivity index (χ3v) is 5.67. The molecule has 0 aliphatic rings. The summed E-state index contributed by atoms with van der Waals surface area (Å²) >= 11 is 14.1. The first-order chi connectivity index (χ1) is 15.4. The van der Waals surface area contributed by atoms with E-state index in [2.05, 4.69) is 10.5 Å². The van der Waals surface area contributed by atoms with Crippen LogP contribution in [0.25, 0.3) is 0 Å². The van der Waals surface area contributed by atoms with Crippen LogP contribution in [0.15, 0.2) is 59.7 Å². The molecular formula is C23H19Cl2IN2O4. The van der Waals surface area contributed by atoms with E-state index in [1.807, 2.05) is 29.5 Å². The van der Waals surface area contributed by atoms with Gasteiger partial charge >= 0.3 is 0 Å². The van der Waals surface area contributed by atoms with Crippen LogP contribution in [0.5, 0.6) is 17.2 Å². The molecule has 6 nitrogen and oxygen atoms in total. The Bertz CT molecular complexity index is 1150. The third kappa shape index (κ3) is 6.27. The molecule has 0 saturated carbocycles. The summed E-state index contributed by atoms with van der Waals surface area (Å²) in [4.78, 5) is 12.7. The lowest BCUT2D eigenvalue weighted by atomic mass is 10.2. The Morgan fingerprint density at radius 2 is 1.91 bits per heavy atom. The van der Waals surface area contributed by atoms with Crippen molar-refractivity contribution in [1.82, 2.24) is 5.43 Å². The van der Waals surface area contributed by atoms with Crippen molar-refractivity contribution in [1.29, 1.82) is 0 Å². The van der Waals surface area contributed by atoms with Gasteiger partial charge in [0.2, 0.25) is 0 Å². The summed E-state index contributed by atoms with van der Waals surface area (Å²) in [6, 6.07) is 15.3. The number of aromatic hydroxyl groups is 1. The van der Waals surface area contributed by atoms with Gasteiger partial charge in [-0.3, -0.25) is 4.79 Å². The molecule has 0 unspecified atom stereocenters. The molecular weight excluding hydrogens is 566 g/mol. The number of phenols is 1. The molecule has 0 atom stereocenters. The number of phenolic OH excluding ortho intramolecular Hbond substituents is 1. The van der Waals surface area contributed by atoms with E-state index >= 15 is 0 Å². The average Bonchev–Trinajstić information content (AvgIpc) is 2.77. The van der Waals surface area contributed by atoms with E-state index in [1.54, 1.807) is 54.6 Å². The van der Waals surface area contributed by atoms with Gasteiger partial charge in [0.25, 0.3) is 5.91 Å². The maximum Gasteiger partial charge on any atom is 0.275 e. The van der Waals surface area contributed by atoms with E-state index in [0.717, 1.165) is 5.56 Å². The minimum Gasteiger partial charge on any atom is -0.504 e. The highest BCUT2D eigenvalue weighted by Crippen LogP contribution is 2.32. The van der Waals surface area contributed by atoms with Crippen LogP contribution in [0.2, 0.25) is 10.0 Å². The molecule has 3 aromatic rings. The molecule has 1 amide bonds. The lowest BCUT2D eigenvalue weighted by Crippen LogP contribution is -2.18. The zero-order valence-electron chi connectivity index (χ0n) is 16.9. The monoisotopic (exact) mass is 584 g/mol. The number of benzene rings is 3. The van der Waals surface area contributed by atoms with Crippen molar-refractivity contribution in [2.24, 2.45) is 5.10 Å². The Balaban J connectivity index is 1.69. The molecule has 0 radical (unpaired) electrons. The highest BCUT2D eigenvalue weighted by molar-refractivity contribution is 14.1. The van der Waals surface area contributed by atoms with Gasteiger partial charge in [0.05, 0.1) is 22.0 Å². The quantitative estimate of drug-likeness (QED) is 0.192. The summed E-state index contributed by atoms with van der Waals surface area (Å²) < 4.78 is 11.8. The van der Waals surface area contributed by atoms with E-state index in [-0.39, 0.29) is 12.4 Å². The van der Waals surface area contributed by atoms with Crippen molar-refractivity contribution in [2.45, 2.75) is 13.5 Å². The number of nitrogens with one attached hydrogen (secondary N) is 1. The maximum atomic E-state index is 12.7. The predicted octanol–water partition coefficient (Wildman–Crippen LogP) is 6.05. The average molecular weight is 585 g/mol. The predicted molar refractivity (Wildman–Crippen MR) is 134 cm³/mol. The van der Waals surface area contributed by atoms with Crippen molar-refractivity contribution < 1.29 is 19.4 Å². The van der Waals surface area contributed by atoms with Crippen molar-refractivity contribution in [2.75, 3.05) is 6.61 Å². The SMILES string of the molecule is CCOc1cc(/C=N/NC(=O)c2ccccc2OCc2ccc(Cl)cc2Cl)cc(I)c1O. The Hall–Kier alpha value is -2.49. The molecule has 3 rings (SSSR count). The van der Waals surface area contributed by atoms with Crippen LogP contribution in [0, 0.1) is 3.57 Å². The van der Waals surface area contributed by atoms with Crippen LogP contribution in [-0.2, 0) is 6.61 Å². The number of ether oxygens (including phenoxy) is 2.